The van der Waals surface area contributed by atoms with E-state index in [0.717, 1.165) is 5.56 Å². The van der Waals surface area contributed by atoms with E-state index in [-0.39, 0.29) is 0 Å². The molecule has 98 valence electrons. The average molecular weight is 303 g/mol. The van der Waals surface area contributed by atoms with Crippen LogP contribution >= 0.6 is 23.2 Å². The van der Waals surface area contributed by atoms with Crippen LogP contribution < -0.4 is 0 Å². The number of benzene rings is 1. The number of rotatable bonds is 2. The van der Waals surface area contributed by atoms with Gasteiger partial charge in [0.15, 0.2) is 0 Å². The van der Waals surface area contributed by atoms with Crippen molar-refractivity contribution in [3.63, 3.8) is 0 Å². The Balaban J connectivity index is 2.32. The van der Waals surface area contributed by atoms with Gasteiger partial charge >= 0.3 is 0 Å². The second-order valence-electron chi connectivity index (χ2n) is 4.23. The highest BCUT2D eigenvalue weighted by Crippen LogP contribution is 2.27. The van der Waals surface area contributed by atoms with Gasteiger partial charge in [0, 0.05) is 33.9 Å². The minimum atomic E-state index is -0.537. The number of pyridine rings is 2. The van der Waals surface area contributed by atoms with E-state index >= 15 is 0 Å². The van der Waals surface area contributed by atoms with E-state index in [9.17, 15) is 4.79 Å². The number of aromatic nitrogens is 2. The molecule has 20 heavy (non-hydrogen) atoms. The molecule has 0 saturated heterocycles. The topological polar surface area (TPSA) is 42.9 Å². The predicted octanol–water partition coefficient (Wildman–Crippen LogP) is 4.33. The monoisotopic (exact) mass is 302 g/mol. The fraction of sp³-hybridized carbons (Fsp3) is 0. The molecule has 0 fully saturated rings. The van der Waals surface area contributed by atoms with Crippen LogP contribution in [0.5, 0.6) is 0 Å². The standard InChI is InChI=1S/C15H8Cl2N2O/c16-10-3-4-13-11(6-10)12(15(17)20)7-14(19-13)9-2-1-5-18-8-9/h1-8H. The van der Waals surface area contributed by atoms with Gasteiger partial charge in [-0.25, -0.2) is 4.98 Å². The van der Waals surface area contributed by atoms with Gasteiger partial charge in [-0.3, -0.25) is 9.78 Å². The SMILES string of the molecule is O=C(Cl)c1cc(-c2cccnc2)nc2ccc(Cl)cc12. The smallest absolute Gasteiger partial charge is 0.253 e. The zero-order chi connectivity index (χ0) is 14.1. The van der Waals surface area contributed by atoms with Crippen molar-refractivity contribution in [2.75, 3.05) is 0 Å². The fourth-order valence-corrected chi connectivity index (χ4v) is 2.35. The Bertz CT molecular complexity index is 804. The van der Waals surface area contributed by atoms with Crippen LogP contribution in [0.3, 0.4) is 0 Å². The molecule has 0 aliphatic rings. The third-order valence-electron chi connectivity index (χ3n) is 2.94. The Morgan fingerprint density at radius 2 is 2.00 bits per heavy atom. The molecule has 0 unspecified atom stereocenters. The van der Waals surface area contributed by atoms with E-state index in [1.165, 1.54) is 0 Å². The minimum absolute atomic E-state index is 0.387. The van der Waals surface area contributed by atoms with Gasteiger partial charge in [0.2, 0.25) is 0 Å². The van der Waals surface area contributed by atoms with Crippen LogP contribution in [-0.2, 0) is 0 Å². The average Bonchev–Trinajstić information content (AvgIpc) is 2.47. The van der Waals surface area contributed by atoms with Gasteiger partial charge in [-0.05, 0) is 48.0 Å². The Labute approximate surface area is 125 Å². The molecule has 0 amide bonds. The van der Waals surface area contributed by atoms with Gasteiger partial charge in [0.1, 0.15) is 0 Å². The maximum Gasteiger partial charge on any atom is 0.253 e. The Morgan fingerprint density at radius 3 is 2.70 bits per heavy atom. The van der Waals surface area contributed by atoms with Gasteiger partial charge < -0.3 is 0 Å². The van der Waals surface area contributed by atoms with E-state index in [4.69, 9.17) is 23.2 Å². The van der Waals surface area contributed by atoms with Crippen molar-refractivity contribution in [3.8, 4) is 11.3 Å². The Kier molecular flexibility index (Phi) is 3.38. The van der Waals surface area contributed by atoms with Gasteiger partial charge in [-0.15, -0.1) is 0 Å². The molecule has 0 aliphatic carbocycles. The lowest BCUT2D eigenvalue weighted by Crippen LogP contribution is -1.96. The second kappa shape index (κ2) is 5.19. The highest BCUT2D eigenvalue weighted by Gasteiger charge is 2.12. The largest absolute Gasteiger partial charge is 0.276 e. The van der Waals surface area contributed by atoms with Crippen LogP contribution in [0.1, 0.15) is 10.4 Å². The highest BCUT2D eigenvalue weighted by molar-refractivity contribution is 6.68. The molecule has 0 spiro atoms. The van der Waals surface area contributed by atoms with E-state index in [0.29, 0.717) is 27.2 Å². The minimum Gasteiger partial charge on any atom is -0.276 e. The van der Waals surface area contributed by atoms with Crippen molar-refractivity contribution >= 4 is 39.3 Å². The van der Waals surface area contributed by atoms with Crippen LogP contribution in [0.25, 0.3) is 22.2 Å². The summed E-state index contributed by atoms with van der Waals surface area (Å²) in [5.74, 6) is 0. The predicted molar refractivity (Wildman–Crippen MR) is 80.2 cm³/mol. The van der Waals surface area contributed by atoms with Crippen molar-refractivity contribution in [2.45, 2.75) is 0 Å². The summed E-state index contributed by atoms with van der Waals surface area (Å²) in [6.45, 7) is 0. The van der Waals surface area contributed by atoms with Crippen molar-refractivity contribution in [1.29, 1.82) is 0 Å². The first kappa shape index (κ1) is 13.0. The zero-order valence-electron chi connectivity index (χ0n) is 10.2. The summed E-state index contributed by atoms with van der Waals surface area (Å²) in [7, 11) is 0. The molecular weight excluding hydrogens is 295 g/mol. The molecule has 5 heteroatoms. The van der Waals surface area contributed by atoms with Crippen LogP contribution in [0, 0.1) is 0 Å². The summed E-state index contributed by atoms with van der Waals surface area (Å²) in [5.41, 5.74) is 2.53. The molecule has 0 saturated carbocycles. The molecule has 0 aliphatic heterocycles. The van der Waals surface area contributed by atoms with Gasteiger partial charge in [-0.2, -0.15) is 0 Å². The molecular formula is C15H8Cl2N2O. The number of halogens is 2. The molecule has 0 atom stereocenters. The first-order valence-electron chi connectivity index (χ1n) is 5.86. The number of carbonyl (C=O) groups excluding carboxylic acids is 1. The number of hydrogen-bond donors (Lipinski definition) is 0. The van der Waals surface area contributed by atoms with Crippen LogP contribution in [0.2, 0.25) is 5.02 Å². The molecule has 1 aromatic carbocycles. The molecule has 3 nitrogen and oxygen atoms in total. The van der Waals surface area contributed by atoms with Crippen LogP contribution in [0.4, 0.5) is 0 Å². The van der Waals surface area contributed by atoms with E-state index in [1.54, 1.807) is 36.7 Å². The van der Waals surface area contributed by atoms with Crippen molar-refractivity contribution in [1.82, 2.24) is 9.97 Å². The summed E-state index contributed by atoms with van der Waals surface area (Å²) >= 11 is 11.6. The highest BCUT2D eigenvalue weighted by atomic mass is 35.5. The maximum absolute atomic E-state index is 11.6. The summed E-state index contributed by atoms with van der Waals surface area (Å²) in [6.07, 6.45) is 3.37. The molecule has 2 aromatic heterocycles. The lowest BCUT2D eigenvalue weighted by molar-refractivity contribution is 0.108. The lowest BCUT2D eigenvalue weighted by atomic mass is 10.1. The maximum atomic E-state index is 11.6. The van der Waals surface area contributed by atoms with Gasteiger partial charge in [0.25, 0.3) is 5.24 Å². The summed E-state index contributed by atoms with van der Waals surface area (Å²) in [4.78, 5) is 20.2. The first-order valence-corrected chi connectivity index (χ1v) is 6.61. The van der Waals surface area contributed by atoms with Crippen LogP contribution in [0.15, 0.2) is 48.8 Å². The summed E-state index contributed by atoms with van der Waals surface area (Å²) in [5, 5.41) is 0.641. The Hall–Kier alpha value is -1.97. The summed E-state index contributed by atoms with van der Waals surface area (Å²) in [6, 6.07) is 10.5. The number of carbonyl (C=O) groups is 1. The lowest BCUT2D eigenvalue weighted by Gasteiger charge is -2.07. The van der Waals surface area contributed by atoms with E-state index in [1.807, 2.05) is 12.1 Å². The first-order chi connectivity index (χ1) is 9.65. The third-order valence-corrected chi connectivity index (χ3v) is 3.38. The molecule has 3 rings (SSSR count). The molecule has 0 radical (unpaired) electrons. The summed E-state index contributed by atoms with van der Waals surface area (Å²) < 4.78 is 0. The Morgan fingerprint density at radius 1 is 1.15 bits per heavy atom. The number of hydrogen-bond acceptors (Lipinski definition) is 3. The van der Waals surface area contributed by atoms with Gasteiger partial charge in [-0.1, -0.05) is 11.6 Å². The molecule has 2 heterocycles. The van der Waals surface area contributed by atoms with E-state index < -0.39 is 5.24 Å². The normalized spacial score (nSPS) is 10.7. The van der Waals surface area contributed by atoms with Crippen LogP contribution in [-0.4, -0.2) is 15.2 Å². The third kappa shape index (κ3) is 2.38. The molecule has 3 aromatic rings. The number of nitrogens with zero attached hydrogens (tertiary/aromatic N) is 2. The van der Waals surface area contributed by atoms with Crippen molar-refractivity contribution in [2.24, 2.45) is 0 Å². The number of fused-ring (bicyclic) bond motifs is 1. The van der Waals surface area contributed by atoms with Crippen molar-refractivity contribution in [3.05, 3.63) is 59.4 Å². The molecule has 0 bridgehead atoms. The van der Waals surface area contributed by atoms with E-state index in [2.05, 4.69) is 9.97 Å². The quantitative estimate of drug-likeness (QED) is 0.662. The second-order valence-corrected chi connectivity index (χ2v) is 5.01. The fourth-order valence-electron chi connectivity index (χ4n) is 2.02. The van der Waals surface area contributed by atoms with Crippen molar-refractivity contribution < 1.29 is 4.79 Å². The zero-order valence-corrected chi connectivity index (χ0v) is 11.7. The molecule has 0 N–H and O–H groups in total. The van der Waals surface area contributed by atoms with Gasteiger partial charge in [0.05, 0.1) is 11.2 Å².